The number of carbonyl (C=O) groups excluding carboxylic acids is 1. The van der Waals surface area contributed by atoms with Gasteiger partial charge in [0.1, 0.15) is 0 Å². The number of benzene rings is 1. The first-order chi connectivity index (χ1) is 9.13. The quantitative estimate of drug-likeness (QED) is 0.737. The van der Waals surface area contributed by atoms with Gasteiger partial charge in [0, 0.05) is 19.6 Å². The first-order valence-electron chi connectivity index (χ1n) is 6.78. The van der Waals surface area contributed by atoms with Gasteiger partial charge in [0.05, 0.1) is 6.54 Å². The van der Waals surface area contributed by atoms with Gasteiger partial charge in [-0.2, -0.15) is 0 Å². The number of hydrogen-bond donors (Lipinski definition) is 2. The summed E-state index contributed by atoms with van der Waals surface area (Å²) in [5, 5.41) is 6.06. The number of nitrogens with zero attached hydrogens (tertiary/aromatic N) is 1. The van der Waals surface area contributed by atoms with Crippen molar-refractivity contribution < 1.29 is 4.79 Å². The van der Waals surface area contributed by atoms with E-state index in [2.05, 4.69) is 29.7 Å². The molecule has 0 aromatic heterocycles. The molecule has 1 aromatic rings. The lowest BCUT2D eigenvalue weighted by Gasteiger charge is -2.17. The molecule has 0 bridgehead atoms. The van der Waals surface area contributed by atoms with E-state index in [1.165, 1.54) is 5.56 Å². The predicted molar refractivity (Wildman–Crippen MR) is 79.3 cm³/mol. The standard InChI is InChI=1S/C15H25N3O/c1-13(14-7-5-4-6-8-14)11-17-15(19)12-18(3)10-9-16-2/h4-8,13,16H,9-12H2,1-3H3,(H,17,19). The Hall–Kier alpha value is -1.39. The van der Waals surface area contributed by atoms with Gasteiger partial charge in [0.2, 0.25) is 5.91 Å². The fraction of sp³-hybridized carbons (Fsp3) is 0.533. The summed E-state index contributed by atoms with van der Waals surface area (Å²) in [4.78, 5) is 13.8. The Kier molecular flexibility index (Phi) is 7.15. The van der Waals surface area contributed by atoms with Gasteiger partial charge in [0.25, 0.3) is 0 Å². The molecule has 0 saturated heterocycles. The SMILES string of the molecule is CNCCN(C)CC(=O)NCC(C)c1ccccc1. The fourth-order valence-electron chi connectivity index (χ4n) is 1.85. The van der Waals surface area contributed by atoms with Crippen LogP contribution in [-0.4, -0.2) is 51.1 Å². The third-order valence-electron chi connectivity index (χ3n) is 3.13. The largest absolute Gasteiger partial charge is 0.354 e. The highest BCUT2D eigenvalue weighted by atomic mass is 16.2. The average Bonchev–Trinajstić information content (AvgIpc) is 2.43. The highest BCUT2D eigenvalue weighted by Gasteiger charge is 2.09. The van der Waals surface area contributed by atoms with Crippen LogP contribution in [0.3, 0.4) is 0 Å². The molecule has 1 amide bonds. The summed E-state index contributed by atoms with van der Waals surface area (Å²) < 4.78 is 0. The molecule has 0 saturated carbocycles. The minimum absolute atomic E-state index is 0.0846. The average molecular weight is 263 g/mol. The molecule has 0 spiro atoms. The zero-order valence-electron chi connectivity index (χ0n) is 12.1. The second kappa shape index (κ2) is 8.67. The molecule has 19 heavy (non-hydrogen) atoms. The van der Waals surface area contributed by atoms with Crippen molar-refractivity contribution in [2.24, 2.45) is 0 Å². The number of hydrogen-bond acceptors (Lipinski definition) is 3. The summed E-state index contributed by atoms with van der Waals surface area (Å²) in [6.45, 7) is 5.02. The van der Waals surface area contributed by atoms with Gasteiger partial charge in [-0.25, -0.2) is 0 Å². The summed E-state index contributed by atoms with van der Waals surface area (Å²) in [5.74, 6) is 0.425. The van der Waals surface area contributed by atoms with E-state index in [4.69, 9.17) is 0 Å². The number of likely N-dealkylation sites (N-methyl/N-ethyl adjacent to an activating group) is 2. The van der Waals surface area contributed by atoms with Gasteiger partial charge >= 0.3 is 0 Å². The molecule has 0 radical (unpaired) electrons. The molecule has 1 atom stereocenters. The van der Waals surface area contributed by atoms with Gasteiger partial charge in [-0.3, -0.25) is 9.69 Å². The van der Waals surface area contributed by atoms with Gasteiger partial charge in [-0.15, -0.1) is 0 Å². The van der Waals surface area contributed by atoms with E-state index in [1.54, 1.807) is 0 Å². The Morgan fingerprint density at radius 1 is 1.32 bits per heavy atom. The first kappa shape index (κ1) is 15.7. The molecule has 0 fully saturated rings. The Balaban J connectivity index is 2.26. The maximum atomic E-state index is 11.8. The lowest BCUT2D eigenvalue weighted by molar-refractivity contribution is -0.122. The molecule has 1 rings (SSSR count). The smallest absolute Gasteiger partial charge is 0.234 e. The highest BCUT2D eigenvalue weighted by Crippen LogP contribution is 2.12. The number of rotatable bonds is 8. The van der Waals surface area contributed by atoms with Crippen LogP contribution in [0.5, 0.6) is 0 Å². The van der Waals surface area contributed by atoms with Gasteiger partial charge in [0.15, 0.2) is 0 Å². The van der Waals surface area contributed by atoms with Crippen LogP contribution in [0.25, 0.3) is 0 Å². The summed E-state index contributed by atoms with van der Waals surface area (Å²) in [6.07, 6.45) is 0. The van der Waals surface area contributed by atoms with Crippen molar-refractivity contribution in [3.63, 3.8) is 0 Å². The summed E-state index contributed by atoms with van der Waals surface area (Å²) in [6, 6.07) is 10.2. The Bertz CT molecular complexity index is 367. The minimum atomic E-state index is 0.0846. The van der Waals surface area contributed by atoms with Crippen LogP contribution in [-0.2, 0) is 4.79 Å². The summed E-state index contributed by atoms with van der Waals surface area (Å²) >= 11 is 0. The second-order valence-corrected chi connectivity index (χ2v) is 4.96. The predicted octanol–water partition coefficient (Wildman–Crippen LogP) is 1.06. The van der Waals surface area contributed by atoms with Crippen LogP contribution in [0, 0.1) is 0 Å². The third kappa shape index (κ3) is 6.36. The molecule has 1 aromatic carbocycles. The van der Waals surface area contributed by atoms with E-state index in [0.717, 1.165) is 13.1 Å². The van der Waals surface area contributed by atoms with Crippen LogP contribution >= 0.6 is 0 Å². The first-order valence-corrected chi connectivity index (χ1v) is 6.78. The lowest BCUT2D eigenvalue weighted by atomic mass is 10.0. The summed E-state index contributed by atoms with van der Waals surface area (Å²) in [5.41, 5.74) is 1.26. The Labute approximate surface area is 116 Å². The lowest BCUT2D eigenvalue weighted by Crippen LogP contribution is -2.38. The van der Waals surface area contributed by atoms with E-state index in [9.17, 15) is 4.79 Å². The fourth-order valence-corrected chi connectivity index (χ4v) is 1.85. The number of carbonyl (C=O) groups is 1. The van der Waals surface area contributed by atoms with E-state index in [-0.39, 0.29) is 5.91 Å². The maximum absolute atomic E-state index is 11.8. The minimum Gasteiger partial charge on any atom is -0.354 e. The van der Waals surface area contributed by atoms with Crippen molar-refractivity contribution in [3.8, 4) is 0 Å². The van der Waals surface area contributed by atoms with E-state index in [1.807, 2.05) is 37.2 Å². The Morgan fingerprint density at radius 3 is 2.63 bits per heavy atom. The van der Waals surface area contributed by atoms with Gasteiger partial charge in [-0.05, 0) is 25.6 Å². The third-order valence-corrected chi connectivity index (χ3v) is 3.13. The van der Waals surface area contributed by atoms with E-state index >= 15 is 0 Å². The number of nitrogens with one attached hydrogen (secondary N) is 2. The molecule has 1 unspecified atom stereocenters. The van der Waals surface area contributed by atoms with Crippen molar-refractivity contribution in [2.75, 3.05) is 40.3 Å². The molecule has 0 aliphatic heterocycles. The van der Waals surface area contributed by atoms with Gasteiger partial charge < -0.3 is 10.6 Å². The maximum Gasteiger partial charge on any atom is 0.234 e. The molecule has 0 aliphatic rings. The highest BCUT2D eigenvalue weighted by molar-refractivity contribution is 5.78. The normalized spacial score (nSPS) is 12.4. The van der Waals surface area contributed by atoms with Crippen LogP contribution in [0.1, 0.15) is 18.4 Å². The zero-order chi connectivity index (χ0) is 14.1. The van der Waals surface area contributed by atoms with E-state index < -0.39 is 0 Å². The Morgan fingerprint density at radius 2 is 2.00 bits per heavy atom. The molecule has 2 N–H and O–H groups in total. The van der Waals surface area contributed by atoms with Crippen LogP contribution in [0.4, 0.5) is 0 Å². The molecular weight excluding hydrogens is 238 g/mol. The van der Waals surface area contributed by atoms with Crippen molar-refractivity contribution in [3.05, 3.63) is 35.9 Å². The van der Waals surface area contributed by atoms with Crippen LogP contribution in [0.15, 0.2) is 30.3 Å². The monoisotopic (exact) mass is 263 g/mol. The van der Waals surface area contributed by atoms with Crippen LogP contribution in [0.2, 0.25) is 0 Å². The molecule has 106 valence electrons. The molecular formula is C15H25N3O. The van der Waals surface area contributed by atoms with Crippen molar-refractivity contribution >= 4 is 5.91 Å². The zero-order valence-corrected chi connectivity index (χ0v) is 12.1. The molecule has 4 nitrogen and oxygen atoms in total. The summed E-state index contributed by atoms with van der Waals surface area (Å²) in [7, 11) is 3.87. The molecule has 0 aliphatic carbocycles. The van der Waals surface area contributed by atoms with Crippen LogP contribution < -0.4 is 10.6 Å². The van der Waals surface area contributed by atoms with Crippen molar-refractivity contribution in [1.82, 2.24) is 15.5 Å². The van der Waals surface area contributed by atoms with Gasteiger partial charge in [-0.1, -0.05) is 37.3 Å². The second-order valence-electron chi connectivity index (χ2n) is 4.96. The molecule has 4 heteroatoms. The van der Waals surface area contributed by atoms with Crippen molar-refractivity contribution in [1.29, 1.82) is 0 Å². The van der Waals surface area contributed by atoms with Crippen molar-refractivity contribution in [2.45, 2.75) is 12.8 Å². The number of amides is 1. The van der Waals surface area contributed by atoms with E-state index in [0.29, 0.717) is 19.0 Å². The molecule has 0 heterocycles. The topological polar surface area (TPSA) is 44.4 Å².